The Labute approximate surface area is 134 Å². The van der Waals surface area contributed by atoms with E-state index in [-0.39, 0.29) is 5.91 Å². The maximum atomic E-state index is 12.1. The van der Waals surface area contributed by atoms with Gasteiger partial charge in [-0.05, 0) is 37.3 Å². The summed E-state index contributed by atoms with van der Waals surface area (Å²) >= 11 is 0. The van der Waals surface area contributed by atoms with Crippen molar-refractivity contribution in [2.75, 3.05) is 11.9 Å². The summed E-state index contributed by atoms with van der Waals surface area (Å²) < 4.78 is 0. The number of carbonyl (C=O) groups excluding carboxylic acids is 1. The fraction of sp³-hybridized carbons (Fsp3) is 0.632. The number of anilines is 1. The van der Waals surface area contributed by atoms with Gasteiger partial charge >= 0.3 is 0 Å². The van der Waals surface area contributed by atoms with Gasteiger partial charge in [0.2, 0.25) is 5.91 Å². The average Bonchev–Trinajstić information content (AvgIpc) is 2.77. The van der Waals surface area contributed by atoms with Crippen molar-refractivity contribution >= 4 is 11.6 Å². The van der Waals surface area contributed by atoms with Gasteiger partial charge in [-0.1, -0.05) is 50.8 Å². The van der Waals surface area contributed by atoms with E-state index < -0.39 is 0 Å². The zero-order chi connectivity index (χ0) is 15.8. The van der Waals surface area contributed by atoms with Crippen molar-refractivity contribution in [2.45, 2.75) is 71.3 Å². The van der Waals surface area contributed by atoms with Crippen LogP contribution >= 0.6 is 0 Å². The molecule has 1 fully saturated rings. The van der Waals surface area contributed by atoms with Crippen molar-refractivity contribution < 1.29 is 4.79 Å². The summed E-state index contributed by atoms with van der Waals surface area (Å²) in [4.78, 5) is 12.1. The number of carbonyl (C=O) groups is 1. The third-order valence-corrected chi connectivity index (χ3v) is 4.61. The molecule has 22 heavy (non-hydrogen) atoms. The first-order valence-electron chi connectivity index (χ1n) is 8.82. The van der Waals surface area contributed by atoms with E-state index in [1.54, 1.807) is 0 Å². The molecule has 0 radical (unpaired) electrons. The summed E-state index contributed by atoms with van der Waals surface area (Å²) in [7, 11) is 0. The molecule has 0 aliphatic heterocycles. The van der Waals surface area contributed by atoms with E-state index in [0.29, 0.717) is 19.0 Å². The minimum atomic E-state index is 0.186. The average molecular weight is 302 g/mol. The molecule has 1 amide bonds. The number of para-hydroxylation sites is 1. The Morgan fingerprint density at radius 2 is 1.91 bits per heavy atom. The molecule has 0 unspecified atom stereocenters. The summed E-state index contributed by atoms with van der Waals surface area (Å²) in [5.74, 6) is 0.186. The second kappa shape index (κ2) is 8.82. The van der Waals surface area contributed by atoms with E-state index in [2.05, 4.69) is 42.7 Å². The zero-order valence-corrected chi connectivity index (χ0v) is 14.1. The fourth-order valence-electron chi connectivity index (χ4n) is 3.30. The molecule has 0 atom stereocenters. The van der Waals surface area contributed by atoms with Crippen LogP contribution in [0.4, 0.5) is 5.69 Å². The van der Waals surface area contributed by atoms with Gasteiger partial charge in [0.1, 0.15) is 0 Å². The van der Waals surface area contributed by atoms with Crippen LogP contribution in [0.3, 0.4) is 0 Å². The van der Waals surface area contributed by atoms with Crippen LogP contribution in [-0.4, -0.2) is 18.5 Å². The van der Waals surface area contributed by atoms with Crippen molar-refractivity contribution in [1.82, 2.24) is 5.32 Å². The molecule has 3 heteroatoms. The largest absolute Gasteiger partial charge is 0.384 e. The van der Waals surface area contributed by atoms with E-state index in [4.69, 9.17) is 0 Å². The standard InChI is InChI=1S/C19H30N2O/c1-3-16-10-8-9-15(2)19(16)20-14-13-18(22)21-17-11-6-4-5-7-12-17/h8-10,17,20H,3-7,11-14H2,1-2H3,(H,21,22). The fourth-order valence-corrected chi connectivity index (χ4v) is 3.30. The highest BCUT2D eigenvalue weighted by molar-refractivity contribution is 5.77. The van der Waals surface area contributed by atoms with Crippen LogP contribution in [0.2, 0.25) is 0 Å². The first-order chi connectivity index (χ1) is 10.7. The van der Waals surface area contributed by atoms with E-state index >= 15 is 0 Å². The Hall–Kier alpha value is -1.51. The van der Waals surface area contributed by atoms with Gasteiger partial charge in [-0.2, -0.15) is 0 Å². The molecular formula is C19H30N2O. The molecule has 0 spiro atoms. The molecule has 0 heterocycles. The molecule has 1 aromatic rings. The zero-order valence-electron chi connectivity index (χ0n) is 14.1. The molecule has 0 saturated heterocycles. The predicted molar refractivity (Wildman–Crippen MR) is 93.3 cm³/mol. The Morgan fingerprint density at radius 1 is 1.18 bits per heavy atom. The lowest BCUT2D eigenvalue weighted by Gasteiger charge is -2.17. The summed E-state index contributed by atoms with van der Waals surface area (Å²) in [5, 5.41) is 6.66. The molecule has 1 aliphatic rings. The van der Waals surface area contributed by atoms with Crippen LogP contribution in [0.1, 0.15) is 63.0 Å². The minimum absolute atomic E-state index is 0.186. The van der Waals surface area contributed by atoms with Crippen LogP contribution in [0.15, 0.2) is 18.2 Å². The predicted octanol–water partition coefficient (Wildman–Crippen LogP) is 4.20. The van der Waals surface area contributed by atoms with Gasteiger partial charge < -0.3 is 10.6 Å². The first kappa shape index (κ1) is 16.9. The third-order valence-electron chi connectivity index (χ3n) is 4.61. The maximum Gasteiger partial charge on any atom is 0.221 e. The van der Waals surface area contributed by atoms with E-state index in [0.717, 1.165) is 19.3 Å². The van der Waals surface area contributed by atoms with Gasteiger partial charge in [0.15, 0.2) is 0 Å². The monoisotopic (exact) mass is 302 g/mol. The van der Waals surface area contributed by atoms with Gasteiger partial charge in [-0.25, -0.2) is 0 Å². The highest BCUT2D eigenvalue weighted by atomic mass is 16.1. The first-order valence-corrected chi connectivity index (χ1v) is 8.82. The van der Waals surface area contributed by atoms with Crippen molar-refractivity contribution in [3.05, 3.63) is 29.3 Å². The quantitative estimate of drug-likeness (QED) is 0.773. The summed E-state index contributed by atoms with van der Waals surface area (Å²) in [5.41, 5.74) is 3.78. The van der Waals surface area contributed by atoms with Gasteiger partial charge in [0, 0.05) is 24.7 Å². The molecule has 0 bridgehead atoms. The highest BCUT2D eigenvalue weighted by Crippen LogP contribution is 2.21. The molecule has 0 aromatic heterocycles. The topological polar surface area (TPSA) is 41.1 Å². The van der Waals surface area contributed by atoms with Gasteiger partial charge in [0.05, 0.1) is 0 Å². The lowest BCUT2D eigenvalue weighted by atomic mass is 10.1. The summed E-state index contributed by atoms with van der Waals surface area (Å²) in [6, 6.07) is 6.77. The smallest absolute Gasteiger partial charge is 0.221 e. The molecule has 122 valence electrons. The molecular weight excluding hydrogens is 272 g/mol. The van der Waals surface area contributed by atoms with E-state index in [1.807, 2.05) is 0 Å². The SMILES string of the molecule is CCc1cccc(C)c1NCCC(=O)NC1CCCCCC1. The van der Waals surface area contributed by atoms with E-state index in [1.165, 1.54) is 42.5 Å². The second-order valence-corrected chi connectivity index (χ2v) is 6.40. The van der Waals surface area contributed by atoms with Crippen LogP contribution in [0, 0.1) is 6.92 Å². The third kappa shape index (κ3) is 5.04. The Bertz CT molecular complexity index is 476. The maximum absolute atomic E-state index is 12.1. The van der Waals surface area contributed by atoms with Crippen LogP contribution < -0.4 is 10.6 Å². The van der Waals surface area contributed by atoms with Gasteiger partial charge in [-0.3, -0.25) is 4.79 Å². The number of nitrogens with one attached hydrogen (secondary N) is 2. The minimum Gasteiger partial charge on any atom is -0.384 e. The molecule has 1 saturated carbocycles. The normalized spacial score (nSPS) is 16.1. The lowest BCUT2D eigenvalue weighted by Crippen LogP contribution is -2.35. The molecule has 2 rings (SSSR count). The number of amides is 1. The Balaban J connectivity index is 1.77. The number of aryl methyl sites for hydroxylation is 2. The van der Waals surface area contributed by atoms with Crippen LogP contribution in [-0.2, 0) is 11.2 Å². The number of hydrogen-bond acceptors (Lipinski definition) is 2. The summed E-state index contributed by atoms with van der Waals surface area (Å²) in [6.45, 7) is 4.99. The van der Waals surface area contributed by atoms with Crippen LogP contribution in [0.25, 0.3) is 0 Å². The molecule has 3 nitrogen and oxygen atoms in total. The Kier molecular flexibility index (Phi) is 6.75. The molecule has 2 N–H and O–H groups in total. The van der Waals surface area contributed by atoms with Crippen molar-refractivity contribution in [3.63, 3.8) is 0 Å². The lowest BCUT2D eigenvalue weighted by molar-refractivity contribution is -0.121. The number of benzene rings is 1. The Morgan fingerprint density at radius 3 is 2.59 bits per heavy atom. The number of hydrogen-bond donors (Lipinski definition) is 2. The van der Waals surface area contributed by atoms with E-state index in [9.17, 15) is 4.79 Å². The highest BCUT2D eigenvalue weighted by Gasteiger charge is 2.14. The summed E-state index contributed by atoms with van der Waals surface area (Å²) in [6.07, 6.45) is 9.01. The van der Waals surface area contributed by atoms with Crippen molar-refractivity contribution in [3.8, 4) is 0 Å². The molecule has 1 aliphatic carbocycles. The van der Waals surface area contributed by atoms with Crippen molar-refractivity contribution in [1.29, 1.82) is 0 Å². The van der Waals surface area contributed by atoms with Gasteiger partial charge in [-0.15, -0.1) is 0 Å². The number of rotatable bonds is 6. The van der Waals surface area contributed by atoms with Crippen molar-refractivity contribution in [2.24, 2.45) is 0 Å². The molecule has 1 aromatic carbocycles. The second-order valence-electron chi connectivity index (χ2n) is 6.40. The van der Waals surface area contributed by atoms with Gasteiger partial charge in [0.25, 0.3) is 0 Å². The van der Waals surface area contributed by atoms with Crippen LogP contribution in [0.5, 0.6) is 0 Å².